The Bertz CT molecular complexity index is 277. The number of rotatable bonds is 1. The number of aromatic amines is 1. The van der Waals surface area contributed by atoms with Gasteiger partial charge in [-0.3, -0.25) is 0 Å². The monoisotopic (exact) mass is 165 g/mol. The Hall–Kier alpha value is -0.830. The average Bonchev–Trinajstić information content (AvgIpc) is 2.46. The molecule has 0 fully saturated rings. The first-order valence-electron chi connectivity index (χ1n) is 4.56. The molecule has 0 amide bonds. The molecule has 1 aromatic rings. The van der Waals surface area contributed by atoms with Crippen molar-refractivity contribution in [1.82, 2.24) is 9.97 Å². The number of nitrogens with two attached hydrogens (primary N) is 1. The predicted molar refractivity (Wildman–Crippen MR) is 47.7 cm³/mol. The molecule has 0 saturated heterocycles. The number of hydrogen-bond acceptors (Lipinski definition) is 2. The molecule has 66 valence electrons. The van der Waals surface area contributed by atoms with Crippen molar-refractivity contribution < 1.29 is 0 Å². The van der Waals surface area contributed by atoms with E-state index in [1.54, 1.807) is 0 Å². The first-order chi connectivity index (χ1) is 5.79. The van der Waals surface area contributed by atoms with Crippen LogP contribution in [0.25, 0.3) is 0 Å². The number of aromatic nitrogens is 2. The molecule has 1 aromatic heterocycles. The van der Waals surface area contributed by atoms with Crippen LogP contribution in [-0.4, -0.2) is 9.97 Å². The largest absolute Gasteiger partial charge is 0.345 e. The van der Waals surface area contributed by atoms with Crippen LogP contribution in [0.4, 0.5) is 0 Å². The minimum Gasteiger partial charge on any atom is -0.345 e. The van der Waals surface area contributed by atoms with E-state index in [0.29, 0.717) is 6.54 Å². The SMILES string of the molecule is CC1CCc2nc(CN)[nH]c2C1. The Morgan fingerprint density at radius 2 is 2.50 bits per heavy atom. The highest BCUT2D eigenvalue weighted by molar-refractivity contribution is 5.18. The second-order valence-corrected chi connectivity index (χ2v) is 3.66. The van der Waals surface area contributed by atoms with Crippen LogP contribution in [0.3, 0.4) is 0 Å². The Labute approximate surface area is 72.4 Å². The van der Waals surface area contributed by atoms with E-state index in [9.17, 15) is 0 Å². The fourth-order valence-electron chi connectivity index (χ4n) is 1.81. The van der Waals surface area contributed by atoms with Crippen molar-refractivity contribution in [3.8, 4) is 0 Å². The average molecular weight is 165 g/mol. The molecule has 12 heavy (non-hydrogen) atoms. The first-order valence-corrected chi connectivity index (χ1v) is 4.56. The quantitative estimate of drug-likeness (QED) is 0.652. The summed E-state index contributed by atoms with van der Waals surface area (Å²) < 4.78 is 0. The maximum absolute atomic E-state index is 5.50. The lowest BCUT2D eigenvalue weighted by Crippen LogP contribution is -2.10. The minimum absolute atomic E-state index is 0.529. The molecule has 0 spiro atoms. The van der Waals surface area contributed by atoms with Crippen molar-refractivity contribution in [2.45, 2.75) is 32.7 Å². The summed E-state index contributed by atoms with van der Waals surface area (Å²) in [5.74, 6) is 1.73. The molecule has 3 heteroatoms. The van der Waals surface area contributed by atoms with Gasteiger partial charge in [0.15, 0.2) is 0 Å². The van der Waals surface area contributed by atoms with E-state index in [2.05, 4.69) is 16.9 Å². The number of imidazole rings is 1. The van der Waals surface area contributed by atoms with Gasteiger partial charge in [-0.2, -0.15) is 0 Å². The third-order valence-electron chi connectivity index (χ3n) is 2.53. The van der Waals surface area contributed by atoms with Crippen molar-refractivity contribution in [2.75, 3.05) is 0 Å². The lowest BCUT2D eigenvalue weighted by Gasteiger charge is -2.15. The van der Waals surface area contributed by atoms with Crippen LogP contribution in [0.1, 0.15) is 30.6 Å². The summed E-state index contributed by atoms with van der Waals surface area (Å²) in [6.07, 6.45) is 3.52. The third kappa shape index (κ3) is 1.25. The van der Waals surface area contributed by atoms with E-state index >= 15 is 0 Å². The summed E-state index contributed by atoms with van der Waals surface area (Å²) in [6, 6.07) is 0. The minimum atomic E-state index is 0.529. The zero-order valence-corrected chi connectivity index (χ0v) is 7.43. The van der Waals surface area contributed by atoms with Gasteiger partial charge in [-0.05, 0) is 25.2 Å². The molecule has 2 rings (SSSR count). The molecular formula is C9H15N3. The molecule has 1 heterocycles. The highest BCUT2D eigenvalue weighted by atomic mass is 15.0. The summed E-state index contributed by atoms with van der Waals surface area (Å²) in [7, 11) is 0. The van der Waals surface area contributed by atoms with E-state index in [1.165, 1.54) is 17.8 Å². The molecule has 1 unspecified atom stereocenters. The van der Waals surface area contributed by atoms with Crippen LogP contribution < -0.4 is 5.73 Å². The Morgan fingerprint density at radius 1 is 1.67 bits per heavy atom. The van der Waals surface area contributed by atoms with Gasteiger partial charge < -0.3 is 10.7 Å². The lowest BCUT2D eigenvalue weighted by atomic mass is 9.92. The molecule has 0 radical (unpaired) electrons. The molecule has 0 aliphatic heterocycles. The highest BCUT2D eigenvalue weighted by Gasteiger charge is 2.18. The molecule has 0 bridgehead atoms. The fraction of sp³-hybridized carbons (Fsp3) is 0.667. The van der Waals surface area contributed by atoms with Gasteiger partial charge in [0.2, 0.25) is 0 Å². The van der Waals surface area contributed by atoms with Gasteiger partial charge in [0.25, 0.3) is 0 Å². The molecule has 3 N–H and O–H groups in total. The number of H-pyrrole nitrogens is 1. The van der Waals surface area contributed by atoms with Crippen molar-refractivity contribution in [3.63, 3.8) is 0 Å². The van der Waals surface area contributed by atoms with Crippen molar-refractivity contribution >= 4 is 0 Å². The lowest BCUT2D eigenvalue weighted by molar-refractivity contribution is 0.492. The van der Waals surface area contributed by atoms with Gasteiger partial charge in [-0.1, -0.05) is 6.92 Å². The Kier molecular flexibility index (Phi) is 1.89. The van der Waals surface area contributed by atoms with Crippen LogP contribution in [0.5, 0.6) is 0 Å². The number of nitrogens with zero attached hydrogens (tertiary/aromatic N) is 1. The molecule has 3 nitrogen and oxygen atoms in total. The fourth-order valence-corrected chi connectivity index (χ4v) is 1.81. The van der Waals surface area contributed by atoms with Crippen LogP contribution in [0, 0.1) is 5.92 Å². The maximum atomic E-state index is 5.50. The van der Waals surface area contributed by atoms with Crippen molar-refractivity contribution in [1.29, 1.82) is 0 Å². The maximum Gasteiger partial charge on any atom is 0.120 e. The van der Waals surface area contributed by atoms with Crippen LogP contribution in [-0.2, 0) is 19.4 Å². The van der Waals surface area contributed by atoms with Crippen LogP contribution in [0.15, 0.2) is 0 Å². The molecule has 1 aliphatic rings. The number of hydrogen-bond donors (Lipinski definition) is 2. The van der Waals surface area contributed by atoms with Gasteiger partial charge in [-0.25, -0.2) is 4.98 Å². The van der Waals surface area contributed by atoms with Crippen molar-refractivity contribution in [2.24, 2.45) is 11.7 Å². The Balaban J connectivity index is 2.28. The van der Waals surface area contributed by atoms with E-state index < -0.39 is 0 Å². The summed E-state index contributed by atoms with van der Waals surface area (Å²) in [4.78, 5) is 7.70. The van der Waals surface area contributed by atoms with Gasteiger partial charge in [0, 0.05) is 5.69 Å². The van der Waals surface area contributed by atoms with E-state index in [4.69, 9.17) is 5.73 Å². The molecule has 0 saturated carbocycles. The van der Waals surface area contributed by atoms with E-state index in [0.717, 1.165) is 24.6 Å². The van der Waals surface area contributed by atoms with Crippen LogP contribution >= 0.6 is 0 Å². The second-order valence-electron chi connectivity index (χ2n) is 3.66. The second kappa shape index (κ2) is 2.90. The summed E-state index contributed by atoms with van der Waals surface area (Å²) in [6.45, 7) is 2.81. The normalized spacial score (nSPS) is 22.3. The van der Waals surface area contributed by atoms with E-state index in [1.807, 2.05) is 0 Å². The Morgan fingerprint density at radius 3 is 3.25 bits per heavy atom. The smallest absolute Gasteiger partial charge is 0.120 e. The number of aryl methyl sites for hydroxylation is 1. The van der Waals surface area contributed by atoms with Gasteiger partial charge in [-0.15, -0.1) is 0 Å². The number of nitrogens with one attached hydrogen (secondary N) is 1. The zero-order chi connectivity index (χ0) is 8.55. The predicted octanol–water partition coefficient (Wildman–Crippen LogP) is 0.993. The molecule has 1 atom stereocenters. The van der Waals surface area contributed by atoms with Crippen LogP contribution in [0.2, 0.25) is 0 Å². The standard InChI is InChI=1S/C9H15N3/c1-6-2-3-7-8(4-6)12-9(5-10)11-7/h6H,2-5,10H2,1H3,(H,11,12). The number of fused-ring (bicyclic) bond motifs is 1. The summed E-state index contributed by atoms with van der Waals surface area (Å²) in [5.41, 5.74) is 8.06. The highest BCUT2D eigenvalue weighted by Crippen LogP contribution is 2.22. The van der Waals surface area contributed by atoms with Gasteiger partial charge in [0.05, 0.1) is 12.2 Å². The first kappa shape index (κ1) is 7.80. The van der Waals surface area contributed by atoms with Gasteiger partial charge >= 0.3 is 0 Å². The molecule has 1 aliphatic carbocycles. The van der Waals surface area contributed by atoms with Gasteiger partial charge in [0.1, 0.15) is 5.82 Å². The third-order valence-corrected chi connectivity index (χ3v) is 2.53. The summed E-state index contributed by atoms with van der Waals surface area (Å²) in [5, 5.41) is 0. The van der Waals surface area contributed by atoms with E-state index in [-0.39, 0.29) is 0 Å². The van der Waals surface area contributed by atoms with Crippen molar-refractivity contribution in [3.05, 3.63) is 17.2 Å². The molecule has 0 aromatic carbocycles. The molecular weight excluding hydrogens is 150 g/mol. The zero-order valence-electron chi connectivity index (χ0n) is 7.43. The summed E-state index contributed by atoms with van der Waals surface area (Å²) >= 11 is 0. The topological polar surface area (TPSA) is 54.7 Å².